The van der Waals surface area contributed by atoms with E-state index in [2.05, 4.69) is 0 Å². The summed E-state index contributed by atoms with van der Waals surface area (Å²) in [5, 5.41) is 18.3. The van der Waals surface area contributed by atoms with Gasteiger partial charge in [0, 0.05) is 6.42 Å². The molecule has 0 saturated carbocycles. The van der Waals surface area contributed by atoms with Gasteiger partial charge in [0.15, 0.2) is 11.5 Å². The number of nitrogens with two attached hydrogens (primary N) is 1. The van der Waals surface area contributed by atoms with Crippen LogP contribution in [0.1, 0.15) is 5.56 Å². The highest BCUT2D eigenvalue weighted by Gasteiger charge is 2.16. The Kier molecular flexibility index (Phi) is 3.51. The fourth-order valence-corrected chi connectivity index (χ4v) is 1.22. The average Bonchev–Trinajstić information content (AvgIpc) is 2.21. The lowest BCUT2D eigenvalue weighted by molar-refractivity contribution is -0.138. The number of ether oxygens (including phenoxy) is 1. The molecule has 5 nitrogen and oxygen atoms in total. The lowest BCUT2D eigenvalue weighted by Gasteiger charge is -2.10. The van der Waals surface area contributed by atoms with Crippen molar-refractivity contribution >= 4 is 5.97 Å². The van der Waals surface area contributed by atoms with Crippen molar-refractivity contribution < 1.29 is 19.7 Å². The molecule has 4 N–H and O–H groups in total. The molecule has 82 valence electrons. The van der Waals surface area contributed by atoms with E-state index < -0.39 is 12.0 Å². The molecule has 1 aromatic carbocycles. The molecule has 0 aliphatic heterocycles. The maximum Gasteiger partial charge on any atom is 0.320 e. The fraction of sp³-hybridized carbons (Fsp3) is 0.300. The van der Waals surface area contributed by atoms with Crippen LogP contribution in [0.15, 0.2) is 18.2 Å². The second-order valence-electron chi connectivity index (χ2n) is 3.12. The molecule has 1 atom stereocenters. The first-order valence-corrected chi connectivity index (χ1v) is 4.39. The third kappa shape index (κ3) is 2.60. The molecule has 0 aliphatic carbocycles. The van der Waals surface area contributed by atoms with Gasteiger partial charge < -0.3 is 20.7 Å². The molecule has 0 amide bonds. The number of aliphatic carboxylic acids is 1. The molecular weight excluding hydrogens is 198 g/mol. The molecule has 0 fully saturated rings. The summed E-state index contributed by atoms with van der Waals surface area (Å²) in [6.07, 6.45) is 0.0678. The van der Waals surface area contributed by atoms with E-state index >= 15 is 0 Å². The first kappa shape index (κ1) is 11.3. The second-order valence-corrected chi connectivity index (χ2v) is 3.12. The minimum absolute atomic E-state index is 0.0586. The van der Waals surface area contributed by atoms with Crippen LogP contribution in [-0.4, -0.2) is 29.3 Å². The number of carbonyl (C=O) groups is 1. The Balaban J connectivity index is 2.90. The van der Waals surface area contributed by atoms with E-state index in [1.165, 1.54) is 7.11 Å². The monoisotopic (exact) mass is 211 g/mol. The topological polar surface area (TPSA) is 92.8 Å². The largest absolute Gasteiger partial charge is 0.504 e. The van der Waals surface area contributed by atoms with Gasteiger partial charge in [-0.25, -0.2) is 0 Å². The van der Waals surface area contributed by atoms with E-state index in [0.717, 1.165) is 0 Å². The molecule has 0 aliphatic rings. The smallest absolute Gasteiger partial charge is 0.320 e. The summed E-state index contributed by atoms with van der Waals surface area (Å²) < 4.78 is 4.89. The zero-order valence-corrected chi connectivity index (χ0v) is 8.30. The van der Waals surface area contributed by atoms with Gasteiger partial charge in [-0.15, -0.1) is 0 Å². The van der Waals surface area contributed by atoms with Gasteiger partial charge in [-0.2, -0.15) is 0 Å². The summed E-state index contributed by atoms with van der Waals surface area (Å²) in [6.45, 7) is 0. The lowest BCUT2D eigenvalue weighted by atomic mass is 10.1. The number of para-hydroxylation sites is 1. The molecule has 0 spiro atoms. The maximum atomic E-state index is 10.5. The van der Waals surface area contributed by atoms with Crippen molar-refractivity contribution in [1.82, 2.24) is 0 Å². The molecule has 0 heterocycles. The highest BCUT2D eigenvalue weighted by atomic mass is 16.5. The molecule has 15 heavy (non-hydrogen) atoms. The van der Waals surface area contributed by atoms with Crippen molar-refractivity contribution in [2.24, 2.45) is 5.73 Å². The number of phenolic OH excluding ortho intramolecular Hbond substituents is 1. The van der Waals surface area contributed by atoms with E-state index in [-0.39, 0.29) is 12.2 Å². The average molecular weight is 211 g/mol. The molecular formula is C10H13NO4. The number of phenols is 1. The van der Waals surface area contributed by atoms with Gasteiger partial charge in [0.1, 0.15) is 6.04 Å². The molecule has 5 heteroatoms. The maximum absolute atomic E-state index is 10.5. The van der Waals surface area contributed by atoms with Crippen LogP contribution in [0.5, 0.6) is 11.5 Å². The van der Waals surface area contributed by atoms with Crippen LogP contribution in [0, 0.1) is 0 Å². The summed E-state index contributed by atoms with van der Waals surface area (Å²) in [5.41, 5.74) is 5.82. The number of rotatable bonds is 4. The third-order valence-electron chi connectivity index (χ3n) is 2.06. The number of carboxylic acid groups (broad SMARTS) is 1. The van der Waals surface area contributed by atoms with Crippen molar-refractivity contribution in [2.45, 2.75) is 12.5 Å². The lowest BCUT2D eigenvalue weighted by Crippen LogP contribution is -2.32. The molecule has 0 saturated heterocycles. The predicted molar refractivity (Wildman–Crippen MR) is 54.0 cm³/mol. The van der Waals surface area contributed by atoms with Crippen LogP contribution in [0.2, 0.25) is 0 Å². The zero-order chi connectivity index (χ0) is 11.4. The molecule has 0 radical (unpaired) electrons. The zero-order valence-electron chi connectivity index (χ0n) is 8.30. The highest BCUT2D eigenvalue weighted by Crippen LogP contribution is 2.29. The van der Waals surface area contributed by atoms with Gasteiger partial charge in [-0.1, -0.05) is 12.1 Å². The van der Waals surface area contributed by atoms with E-state index in [1.54, 1.807) is 18.2 Å². The van der Waals surface area contributed by atoms with Crippen LogP contribution in [0.4, 0.5) is 0 Å². The van der Waals surface area contributed by atoms with Crippen molar-refractivity contribution in [3.05, 3.63) is 23.8 Å². The molecule has 1 unspecified atom stereocenters. The summed E-state index contributed by atoms with van der Waals surface area (Å²) in [5.74, 6) is -0.848. The first-order valence-electron chi connectivity index (χ1n) is 4.39. The summed E-state index contributed by atoms with van der Waals surface area (Å²) in [7, 11) is 1.43. The van der Waals surface area contributed by atoms with Crippen LogP contribution in [0.3, 0.4) is 0 Å². The molecule has 0 bridgehead atoms. The Labute approximate surface area is 87.1 Å². The molecule has 0 aromatic heterocycles. The van der Waals surface area contributed by atoms with Crippen molar-refractivity contribution in [3.63, 3.8) is 0 Å². The normalized spacial score (nSPS) is 12.1. The quantitative estimate of drug-likeness (QED) is 0.668. The van der Waals surface area contributed by atoms with Crippen molar-refractivity contribution in [3.8, 4) is 11.5 Å². The van der Waals surface area contributed by atoms with E-state index in [0.29, 0.717) is 11.3 Å². The van der Waals surface area contributed by atoms with Gasteiger partial charge in [-0.05, 0) is 11.6 Å². The first-order chi connectivity index (χ1) is 7.06. The van der Waals surface area contributed by atoms with Crippen LogP contribution in [0.25, 0.3) is 0 Å². The van der Waals surface area contributed by atoms with Gasteiger partial charge in [0.05, 0.1) is 7.11 Å². The summed E-state index contributed by atoms with van der Waals surface area (Å²) >= 11 is 0. The Bertz CT molecular complexity index is 364. The number of methoxy groups -OCH3 is 1. The van der Waals surface area contributed by atoms with E-state index in [4.69, 9.17) is 15.6 Å². The number of aromatic hydroxyl groups is 1. The van der Waals surface area contributed by atoms with Crippen molar-refractivity contribution in [2.75, 3.05) is 7.11 Å². The van der Waals surface area contributed by atoms with Gasteiger partial charge in [0.2, 0.25) is 0 Å². The van der Waals surface area contributed by atoms with E-state index in [9.17, 15) is 9.90 Å². The SMILES string of the molecule is COc1cccc(CC(N)C(=O)O)c1O. The Morgan fingerprint density at radius 2 is 2.27 bits per heavy atom. The minimum atomic E-state index is -1.10. The summed E-state index contributed by atoms with van der Waals surface area (Å²) in [6, 6.07) is 3.84. The number of hydrogen-bond acceptors (Lipinski definition) is 4. The fourth-order valence-electron chi connectivity index (χ4n) is 1.22. The number of carboxylic acids is 1. The Morgan fingerprint density at radius 3 is 2.80 bits per heavy atom. The van der Waals surface area contributed by atoms with Crippen molar-refractivity contribution in [1.29, 1.82) is 0 Å². The Hall–Kier alpha value is -1.75. The number of hydrogen-bond donors (Lipinski definition) is 3. The highest BCUT2D eigenvalue weighted by molar-refractivity contribution is 5.73. The van der Waals surface area contributed by atoms with Gasteiger partial charge in [-0.3, -0.25) is 4.79 Å². The van der Waals surface area contributed by atoms with Crippen LogP contribution >= 0.6 is 0 Å². The molecule has 1 rings (SSSR count). The second kappa shape index (κ2) is 4.65. The predicted octanol–water partition coefficient (Wildman–Crippen LogP) is 0.355. The molecule has 1 aromatic rings. The third-order valence-corrected chi connectivity index (χ3v) is 2.06. The van der Waals surface area contributed by atoms with Gasteiger partial charge in [0.25, 0.3) is 0 Å². The number of benzene rings is 1. The standard InChI is InChI=1S/C10H13NO4/c1-15-8-4-2-3-6(9(8)12)5-7(11)10(13)14/h2-4,7,12H,5,11H2,1H3,(H,13,14). The van der Waals surface area contributed by atoms with Gasteiger partial charge >= 0.3 is 5.97 Å². The summed E-state index contributed by atoms with van der Waals surface area (Å²) in [4.78, 5) is 10.5. The van der Waals surface area contributed by atoms with Crippen LogP contribution in [-0.2, 0) is 11.2 Å². The Morgan fingerprint density at radius 1 is 1.60 bits per heavy atom. The minimum Gasteiger partial charge on any atom is -0.504 e. The van der Waals surface area contributed by atoms with E-state index in [1.807, 2.05) is 0 Å². The van der Waals surface area contributed by atoms with Crippen LogP contribution < -0.4 is 10.5 Å².